The van der Waals surface area contributed by atoms with E-state index in [1.54, 1.807) is 0 Å². The van der Waals surface area contributed by atoms with Crippen LogP contribution < -0.4 is 4.74 Å². The van der Waals surface area contributed by atoms with Crippen molar-refractivity contribution >= 4 is 23.4 Å². The van der Waals surface area contributed by atoms with E-state index in [0.717, 1.165) is 50.3 Å². The molecule has 2 aliphatic rings. The van der Waals surface area contributed by atoms with Crippen LogP contribution in [0.15, 0.2) is 18.2 Å². The molecule has 1 aromatic rings. The SMILES string of the molecule is Cc1cc(OCC2(CC(=O)N3CCN(C)CC3)CCN(C(=O)CC(C)C)CC2)ccc1Cl. The Morgan fingerprint density at radius 3 is 2.25 bits per heavy atom. The third kappa shape index (κ3) is 6.61. The average Bonchev–Trinajstić information content (AvgIpc) is 2.75. The van der Waals surface area contributed by atoms with Gasteiger partial charge in [0.1, 0.15) is 5.75 Å². The van der Waals surface area contributed by atoms with Crippen LogP contribution in [0.1, 0.15) is 45.1 Å². The van der Waals surface area contributed by atoms with Crippen LogP contribution in [0.3, 0.4) is 0 Å². The Kier molecular flexibility index (Phi) is 8.45. The highest BCUT2D eigenvalue weighted by atomic mass is 35.5. The van der Waals surface area contributed by atoms with Gasteiger partial charge in [0.25, 0.3) is 0 Å². The van der Waals surface area contributed by atoms with Gasteiger partial charge < -0.3 is 19.4 Å². The topological polar surface area (TPSA) is 53.1 Å². The minimum absolute atomic E-state index is 0.205. The van der Waals surface area contributed by atoms with Gasteiger partial charge in [-0.25, -0.2) is 0 Å². The van der Waals surface area contributed by atoms with Crippen LogP contribution in [0.4, 0.5) is 0 Å². The molecule has 178 valence electrons. The van der Waals surface area contributed by atoms with Gasteiger partial charge in [0.05, 0.1) is 6.61 Å². The maximum absolute atomic E-state index is 13.2. The van der Waals surface area contributed by atoms with Gasteiger partial charge in [-0.2, -0.15) is 0 Å². The molecule has 3 rings (SSSR count). The molecule has 1 aromatic carbocycles. The maximum atomic E-state index is 13.2. The highest BCUT2D eigenvalue weighted by Gasteiger charge is 2.40. The smallest absolute Gasteiger partial charge is 0.223 e. The van der Waals surface area contributed by atoms with Crippen LogP contribution in [0.5, 0.6) is 5.75 Å². The van der Waals surface area contributed by atoms with Crippen molar-refractivity contribution in [3.8, 4) is 5.75 Å². The van der Waals surface area contributed by atoms with Gasteiger partial charge in [-0.05, 0) is 56.5 Å². The molecular formula is C25H38ClN3O3. The number of likely N-dealkylation sites (tertiary alicyclic amines) is 1. The van der Waals surface area contributed by atoms with E-state index in [-0.39, 0.29) is 17.2 Å². The van der Waals surface area contributed by atoms with Crippen LogP contribution in [-0.4, -0.2) is 79.4 Å². The zero-order chi connectivity index (χ0) is 23.3. The molecule has 2 aliphatic heterocycles. The Morgan fingerprint density at radius 1 is 1.03 bits per heavy atom. The standard InChI is InChI=1S/C25H38ClN3O3/c1-19(2)15-23(30)28-9-7-25(8-10-28,17-24(31)29-13-11-27(4)12-14-29)18-32-21-5-6-22(26)20(3)16-21/h5-6,16,19H,7-15,17-18H2,1-4H3. The third-order valence-corrected chi connectivity index (χ3v) is 7.24. The van der Waals surface area contributed by atoms with Gasteiger partial charge in [-0.1, -0.05) is 25.4 Å². The second-order valence-electron chi connectivity index (χ2n) is 10.0. The third-order valence-electron chi connectivity index (χ3n) is 6.82. The van der Waals surface area contributed by atoms with E-state index >= 15 is 0 Å². The minimum Gasteiger partial charge on any atom is -0.493 e. The number of halogens is 1. The van der Waals surface area contributed by atoms with Crippen LogP contribution in [0, 0.1) is 18.3 Å². The number of carbonyl (C=O) groups is 2. The zero-order valence-electron chi connectivity index (χ0n) is 20.0. The lowest BCUT2D eigenvalue weighted by Gasteiger charge is -2.43. The number of carbonyl (C=O) groups excluding carboxylic acids is 2. The van der Waals surface area contributed by atoms with Crippen molar-refractivity contribution in [2.24, 2.45) is 11.3 Å². The number of hydrogen-bond donors (Lipinski definition) is 0. The van der Waals surface area contributed by atoms with Crippen LogP contribution >= 0.6 is 11.6 Å². The first-order valence-corrected chi connectivity index (χ1v) is 12.2. The molecule has 2 amide bonds. The quantitative estimate of drug-likeness (QED) is 0.616. The number of ether oxygens (including phenoxy) is 1. The van der Waals surface area contributed by atoms with Crippen LogP contribution in [0.25, 0.3) is 0 Å². The molecule has 0 unspecified atom stereocenters. The summed E-state index contributed by atoms with van der Waals surface area (Å²) in [6.45, 7) is 11.3. The highest BCUT2D eigenvalue weighted by Crippen LogP contribution is 2.37. The molecule has 0 aliphatic carbocycles. The van der Waals surface area contributed by atoms with E-state index in [0.29, 0.717) is 43.5 Å². The first-order chi connectivity index (χ1) is 15.2. The Bertz CT molecular complexity index is 798. The maximum Gasteiger partial charge on any atom is 0.223 e. The molecular weight excluding hydrogens is 426 g/mol. The number of hydrogen-bond acceptors (Lipinski definition) is 4. The van der Waals surface area contributed by atoms with Crippen molar-refractivity contribution in [2.75, 3.05) is 52.9 Å². The summed E-state index contributed by atoms with van der Waals surface area (Å²) in [6.07, 6.45) is 2.61. The van der Waals surface area contributed by atoms with Crippen molar-refractivity contribution in [1.82, 2.24) is 14.7 Å². The summed E-state index contributed by atoms with van der Waals surface area (Å²) in [5, 5.41) is 0.717. The summed E-state index contributed by atoms with van der Waals surface area (Å²) >= 11 is 6.16. The average molecular weight is 464 g/mol. The summed E-state index contributed by atoms with van der Waals surface area (Å²) < 4.78 is 6.21. The van der Waals surface area contributed by atoms with Gasteiger partial charge in [0.2, 0.25) is 11.8 Å². The van der Waals surface area contributed by atoms with E-state index in [4.69, 9.17) is 16.3 Å². The molecule has 0 spiro atoms. The second-order valence-corrected chi connectivity index (χ2v) is 10.4. The highest BCUT2D eigenvalue weighted by molar-refractivity contribution is 6.31. The van der Waals surface area contributed by atoms with Gasteiger partial charge in [0, 0.05) is 62.5 Å². The first-order valence-electron chi connectivity index (χ1n) is 11.8. The zero-order valence-corrected chi connectivity index (χ0v) is 20.8. The van der Waals surface area contributed by atoms with E-state index in [1.807, 2.05) is 34.9 Å². The molecule has 6 nitrogen and oxygen atoms in total. The van der Waals surface area contributed by atoms with Crippen molar-refractivity contribution in [2.45, 2.75) is 46.5 Å². The molecule has 32 heavy (non-hydrogen) atoms. The van der Waals surface area contributed by atoms with Crippen molar-refractivity contribution in [3.63, 3.8) is 0 Å². The minimum atomic E-state index is -0.261. The molecule has 0 aromatic heterocycles. The number of rotatable bonds is 7. The Hall–Kier alpha value is -1.79. The summed E-state index contributed by atoms with van der Waals surface area (Å²) in [7, 11) is 2.09. The number of nitrogens with zero attached hydrogens (tertiary/aromatic N) is 3. The molecule has 2 heterocycles. The normalized spacial score (nSPS) is 19.3. The van der Waals surface area contributed by atoms with E-state index < -0.39 is 0 Å². The number of likely N-dealkylation sites (N-methyl/N-ethyl adjacent to an activating group) is 1. The molecule has 0 saturated carbocycles. The monoisotopic (exact) mass is 463 g/mol. The predicted octanol–water partition coefficient (Wildman–Crippen LogP) is 3.85. The molecule has 0 atom stereocenters. The van der Waals surface area contributed by atoms with Crippen molar-refractivity contribution in [1.29, 1.82) is 0 Å². The van der Waals surface area contributed by atoms with Gasteiger partial charge in [-0.3, -0.25) is 9.59 Å². The number of piperazine rings is 1. The Morgan fingerprint density at radius 2 is 1.66 bits per heavy atom. The Balaban J connectivity index is 1.68. The molecule has 7 heteroatoms. The number of piperidine rings is 1. The lowest BCUT2D eigenvalue weighted by molar-refractivity contribution is -0.139. The van der Waals surface area contributed by atoms with Gasteiger partial charge in [0.15, 0.2) is 0 Å². The van der Waals surface area contributed by atoms with E-state index in [9.17, 15) is 9.59 Å². The van der Waals surface area contributed by atoms with Gasteiger partial charge >= 0.3 is 0 Å². The summed E-state index contributed by atoms with van der Waals surface area (Å²) in [5.41, 5.74) is 0.712. The largest absolute Gasteiger partial charge is 0.493 e. The molecule has 2 fully saturated rings. The van der Waals surface area contributed by atoms with E-state index in [1.165, 1.54) is 0 Å². The number of aryl methyl sites for hydroxylation is 1. The van der Waals surface area contributed by atoms with E-state index in [2.05, 4.69) is 25.8 Å². The van der Waals surface area contributed by atoms with Gasteiger partial charge in [-0.15, -0.1) is 0 Å². The predicted molar refractivity (Wildman–Crippen MR) is 128 cm³/mol. The number of benzene rings is 1. The number of amides is 2. The second kappa shape index (κ2) is 10.9. The fraction of sp³-hybridized carbons (Fsp3) is 0.680. The van der Waals surface area contributed by atoms with Crippen LogP contribution in [-0.2, 0) is 9.59 Å². The van der Waals surface area contributed by atoms with Crippen LogP contribution in [0.2, 0.25) is 5.02 Å². The first kappa shape index (κ1) is 24.8. The fourth-order valence-corrected chi connectivity index (χ4v) is 4.63. The molecule has 0 N–H and O–H groups in total. The van der Waals surface area contributed by atoms with Crippen molar-refractivity contribution in [3.05, 3.63) is 28.8 Å². The summed E-state index contributed by atoms with van der Waals surface area (Å²) in [6, 6.07) is 5.67. The summed E-state index contributed by atoms with van der Waals surface area (Å²) in [4.78, 5) is 32.0. The fourth-order valence-electron chi connectivity index (χ4n) is 4.51. The molecule has 0 bridgehead atoms. The lowest BCUT2D eigenvalue weighted by atomic mass is 9.75. The lowest BCUT2D eigenvalue weighted by Crippen LogP contribution is -2.51. The molecule has 0 radical (unpaired) electrons. The molecule has 2 saturated heterocycles. The summed E-state index contributed by atoms with van der Waals surface area (Å²) in [5.74, 6) is 1.55. The van der Waals surface area contributed by atoms with Crippen molar-refractivity contribution < 1.29 is 14.3 Å². The Labute approximate surface area is 197 Å².